The van der Waals surface area contributed by atoms with E-state index in [0.717, 1.165) is 5.56 Å². The molecule has 0 aliphatic rings. The van der Waals surface area contributed by atoms with E-state index in [9.17, 15) is 14.9 Å². The van der Waals surface area contributed by atoms with E-state index in [1.807, 2.05) is 6.92 Å². The molecule has 1 aromatic heterocycles. The largest absolute Gasteiger partial charge is 0.289 e. The monoisotopic (exact) mass is 285 g/mol. The van der Waals surface area contributed by atoms with E-state index >= 15 is 0 Å². The molecule has 1 aromatic carbocycles. The standard InChI is InChI=1S/C15H15N3O3/c1-3-17-10-14(11(2)16-17)15(19)9-6-12-4-7-13(8-5-12)18(20)21/h4-10H,3H2,1-2H3. The zero-order valence-electron chi connectivity index (χ0n) is 11.8. The van der Waals surface area contributed by atoms with E-state index in [4.69, 9.17) is 0 Å². The van der Waals surface area contributed by atoms with Crippen molar-refractivity contribution >= 4 is 17.5 Å². The first-order valence-electron chi connectivity index (χ1n) is 6.52. The Morgan fingerprint density at radius 3 is 2.57 bits per heavy atom. The quantitative estimate of drug-likeness (QED) is 0.366. The highest BCUT2D eigenvalue weighted by Gasteiger charge is 2.10. The highest BCUT2D eigenvalue weighted by Crippen LogP contribution is 2.14. The zero-order chi connectivity index (χ0) is 15.4. The molecule has 6 nitrogen and oxygen atoms in total. The molecule has 0 aliphatic carbocycles. The molecule has 21 heavy (non-hydrogen) atoms. The Hall–Kier alpha value is -2.76. The second-order valence-electron chi connectivity index (χ2n) is 4.53. The molecule has 0 fully saturated rings. The summed E-state index contributed by atoms with van der Waals surface area (Å²) in [6, 6.07) is 6.02. The predicted octanol–water partition coefficient (Wildman–Crippen LogP) is 3.02. The summed E-state index contributed by atoms with van der Waals surface area (Å²) in [6.45, 7) is 4.45. The number of aryl methyl sites for hydroxylation is 2. The third-order valence-electron chi connectivity index (χ3n) is 3.07. The van der Waals surface area contributed by atoms with Crippen molar-refractivity contribution in [2.24, 2.45) is 0 Å². The van der Waals surface area contributed by atoms with Gasteiger partial charge in [0.25, 0.3) is 5.69 Å². The van der Waals surface area contributed by atoms with Crippen LogP contribution in [0.2, 0.25) is 0 Å². The molecular weight excluding hydrogens is 270 g/mol. The summed E-state index contributed by atoms with van der Waals surface area (Å²) in [4.78, 5) is 22.2. The van der Waals surface area contributed by atoms with Gasteiger partial charge in [0.1, 0.15) is 0 Å². The lowest BCUT2D eigenvalue weighted by Gasteiger charge is -1.94. The molecule has 0 saturated carbocycles. The number of hydrogen-bond donors (Lipinski definition) is 0. The minimum atomic E-state index is -0.457. The van der Waals surface area contributed by atoms with Crippen molar-refractivity contribution in [2.45, 2.75) is 20.4 Å². The number of non-ortho nitro benzene ring substituents is 1. The number of rotatable bonds is 5. The van der Waals surface area contributed by atoms with E-state index in [1.165, 1.54) is 18.2 Å². The van der Waals surface area contributed by atoms with Crippen molar-refractivity contribution in [3.05, 3.63) is 63.5 Å². The fourth-order valence-corrected chi connectivity index (χ4v) is 1.89. The summed E-state index contributed by atoms with van der Waals surface area (Å²) < 4.78 is 1.71. The zero-order valence-corrected chi connectivity index (χ0v) is 11.8. The number of nitrogens with zero attached hydrogens (tertiary/aromatic N) is 3. The van der Waals surface area contributed by atoms with Gasteiger partial charge < -0.3 is 0 Å². The van der Waals surface area contributed by atoms with Crippen molar-refractivity contribution in [3.8, 4) is 0 Å². The maximum Gasteiger partial charge on any atom is 0.269 e. The first kappa shape index (κ1) is 14.6. The number of benzene rings is 1. The minimum Gasteiger partial charge on any atom is -0.289 e. The molecule has 0 aliphatic heterocycles. The summed E-state index contributed by atoms with van der Waals surface area (Å²) in [5.41, 5.74) is 2.01. The normalized spacial score (nSPS) is 11.0. The first-order valence-corrected chi connectivity index (χ1v) is 6.52. The van der Waals surface area contributed by atoms with Crippen molar-refractivity contribution in [3.63, 3.8) is 0 Å². The maximum atomic E-state index is 12.1. The van der Waals surface area contributed by atoms with Crippen LogP contribution in [0.1, 0.15) is 28.5 Å². The topological polar surface area (TPSA) is 78.0 Å². The number of ketones is 1. The molecule has 0 bridgehead atoms. The van der Waals surface area contributed by atoms with Crippen LogP contribution in [0.3, 0.4) is 0 Å². The van der Waals surface area contributed by atoms with Crippen molar-refractivity contribution in [2.75, 3.05) is 0 Å². The first-order chi connectivity index (χ1) is 10.0. The summed E-state index contributed by atoms with van der Waals surface area (Å²) in [6.07, 6.45) is 4.80. The van der Waals surface area contributed by atoms with Gasteiger partial charge in [0.15, 0.2) is 5.78 Å². The third-order valence-corrected chi connectivity index (χ3v) is 3.07. The van der Waals surface area contributed by atoms with E-state index in [-0.39, 0.29) is 11.5 Å². The van der Waals surface area contributed by atoms with Crippen LogP contribution in [-0.4, -0.2) is 20.5 Å². The molecule has 0 unspecified atom stereocenters. The molecular formula is C15H15N3O3. The van der Waals surface area contributed by atoms with Gasteiger partial charge in [-0.2, -0.15) is 5.10 Å². The number of carbonyl (C=O) groups is 1. The molecule has 0 amide bonds. The van der Waals surface area contributed by atoms with Crippen LogP contribution >= 0.6 is 0 Å². The average molecular weight is 285 g/mol. The molecule has 108 valence electrons. The van der Waals surface area contributed by atoms with Crippen molar-refractivity contribution < 1.29 is 9.72 Å². The Morgan fingerprint density at radius 2 is 2.05 bits per heavy atom. The minimum absolute atomic E-state index is 0.0264. The number of carbonyl (C=O) groups excluding carboxylic acids is 1. The van der Waals surface area contributed by atoms with Gasteiger partial charge in [-0.15, -0.1) is 0 Å². The van der Waals surface area contributed by atoms with Gasteiger partial charge in [-0.05, 0) is 37.6 Å². The van der Waals surface area contributed by atoms with Gasteiger partial charge in [0.05, 0.1) is 16.2 Å². The predicted molar refractivity (Wildman–Crippen MR) is 79.1 cm³/mol. The van der Waals surface area contributed by atoms with Crippen molar-refractivity contribution in [1.82, 2.24) is 9.78 Å². The maximum absolute atomic E-state index is 12.1. The van der Waals surface area contributed by atoms with Crippen LogP contribution in [0.4, 0.5) is 5.69 Å². The second-order valence-corrected chi connectivity index (χ2v) is 4.53. The third kappa shape index (κ3) is 3.42. The van der Waals surface area contributed by atoms with Crippen molar-refractivity contribution in [1.29, 1.82) is 0 Å². The molecule has 2 rings (SSSR count). The van der Waals surface area contributed by atoms with Gasteiger partial charge in [0.2, 0.25) is 0 Å². The number of aromatic nitrogens is 2. The summed E-state index contributed by atoms with van der Waals surface area (Å²) in [5, 5.41) is 14.8. The molecule has 6 heteroatoms. The van der Waals surface area contributed by atoms with Crippen LogP contribution in [-0.2, 0) is 6.54 Å². The number of nitro groups is 1. The lowest BCUT2D eigenvalue weighted by atomic mass is 10.1. The highest BCUT2D eigenvalue weighted by molar-refractivity contribution is 6.07. The second kappa shape index (κ2) is 6.13. The van der Waals surface area contributed by atoms with Crippen LogP contribution in [0.25, 0.3) is 6.08 Å². The van der Waals surface area contributed by atoms with E-state index in [2.05, 4.69) is 5.10 Å². The Balaban J connectivity index is 2.14. The molecule has 0 radical (unpaired) electrons. The summed E-state index contributed by atoms with van der Waals surface area (Å²) in [7, 11) is 0. The van der Waals surface area contributed by atoms with Crippen LogP contribution in [0, 0.1) is 17.0 Å². The smallest absolute Gasteiger partial charge is 0.269 e. The SMILES string of the molecule is CCn1cc(C(=O)C=Cc2ccc([N+](=O)[O-])cc2)c(C)n1. The van der Waals surface area contributed by atoms with Gasteiger partial charge in [-0.3, -0.25) is 19.6 Å². The van der Waals surface area contributed by atoms with E-state index < -0.39 is 4.92 Å². The molecule has 1 heterocycles. The molecule has 0 spiro atoms. The fourth-order valence-electron chi connectivity index (χ4n) is 1.89. The Morgan fingerprint density at radius 1 is 1.38 bits per heavy atom. The summed E-state index contributed by atoms with van der Waals surface area (Å²) in [5.74, 6) is -0.134. The molecule has 0 N–H and O–H groups in total. The van der Waals surface area contributed by atoms with Crippen LogP contribution < -0.4 is 0 Å². The Bertz CT molecular complexity index is 699. The lowest BCUT2D eigenvalue weighted by molar-refractivity contribution is -0.384. The molecule has 0 atom stereocenters. The van der Waals surface area contributed by atoms with Crippen LogP contribution in [0.5, 0.6) is 0 Å². The fraction of sp³-hybridized carbons (Fsp3) is 0.200. The van der Waals surface area contributed by atoms with E-state index in [0.29, 0.717) is 17.8 Å². The van der Waals surface area contributed by atoms with Crippen LogP contribution in [0.15, 0.2) is 36.5 Å². The van der Waals surface area contributed by atoms with Gasteiger partial charge in [-0.25, -0.2) is 0 Å². The molecule has 0 saturated heterocycles. The molecule has 2 aromatic rings. The average Bonchev–Trinajstić information content (AvgIpc) is 2.86. The highest BCUT2D eigenvalue weighted by atomic mass is 16.6. The van der Waals surface area contributed by atoms with Gasteiger partial charge in [-0.1, -0.05) is 6.08 Å². The summed E-state index contributed by atoms with van der Waals surface area (Å²) >= 11 is 0. The Labute approximate surface area is 121 Å². The number of hydrogen-bond acceptors (Lipinski definition) is 4. The number of allylic oxidation sites excluding steroid dienone is 1. The lowest BCUT2D eigenvalue weighted by Crippen LogP contribution is -1.95. The Kier molecular flexibility index (Phi) is 4.27. The van der Waals surface area contributed by atoms with Gasteiger partial charge in [0, 0.05) is 24.9 Å². The van der Waals surface area contributed by atoms with Gasteiger partial charge >= 0.3 is 0 Å². The van der Waals surface area contributed by atoms with E-state index in [1.54, 1.807) is 36.0 Å². The number of nitro benzene ring substituents is 1.